The van der Waals surface area contributed by atoms with E-state index in [9.17, 15) is 10.4 Å². The fourth-order valence-corrected chi connectivity index (χ4v) is 8.39. The third kappa shape index (κ3) is 4.40. The van der Waals surface area contributed by atoms with Crippen LogP contribution >= 0.6 is 0 Å². The number of aryl methyl sites for hydroxylation is 1. The number of benzene rings is 3. The second-order valence-corrected chi connectivity index (χ2v) is 13.1. The van der Waals surface area contributed by atoms with Gasteiger partial charge in [-0.1, -0.05) is 24.3 Å². The maximum absolute atomic E-state index is 17.3. The fourth-order valence-electron chi connectivity index (χ4n) is 8.39. The molecule has 0 amide bonds. The van der Waals surface area contributed by atoms with Crippen LogP contribution in [-0.4, -0.2) is 66.4 Å². The Kier molecular flexibility index (Phi) is 6.84. The number of likely N-dealkylation sites (N-methyl/N-ethyl adjacent to an activating group) is 1. The number of aromatic nitrogens is 1. The number of likely N-dealkylation sites (tertiary alicyclic amines) is 1. The summed E-state index contributed by atoms with van der Waals surface area (Å²) in [7, 11) is 2.14. The number of phenolic OH excluding ortho intramolecular Hbond substituents is 1. The number of halogens is 1. The minimum absolute atomic E-state index is 0.0756. The first kappa shape index (κ1) is 27.6. The summed E-state index contributed by atoms with van der Waals surface area (Å²) >= 11 is 0. The van der Waals surface area contributed by atoms with Crippen molar-refractivity contribution in [1.82, 2.24) is 15.2 Å². The Bertz CT molecular complexity index is 1800. The Balaban J connectivity index is 1.36. The molecule has 5 aliphatic rings. The van der Waals surface area contributed by atoms with Crippen molar-refractivity contribution in [2.24, 2.45) is 5.92 Å². The molecular formula is C36H38FN5O2. The van der Waals surface area contributed by atoms with Crippen LogP contribution in [0.2, 0.25) is 0 Å². The van der Waals surface area contributed by atoms with Crippen molar-refractivity contribution in [1.29, 1.82) is 5.26 Å². The molecule has 2 bridgehead atoms. The summed E-state index contributed by atoms with van der Waals surface area (Å²) in [4.78, 5) is 9.85. The van der Waals surface area contributed by atoms with E-state index >= 15 is 4.39 Å². The van der Waals surface area contributed by atoms with Gasteiger partial charge in [-0.3, -0.25) is 0 Å². The van der Waals surface area contributed by atoms with Crippen molar-refractivity contribution in [3.05, 3.63) is 59.4 Å². The van der Waals surface area contributed by atoms with Crippen LogP contribution in [0.25, 0.3) is 32.8 Å². The van der Waals surface area contributed by atoms with Crippen LogP contribution in [0.4, 0.5) is 10.1 Å². The van der Waals surface area contributed by atoms with Crippen LogP contribution < -0.4 is 15.0 Å². The van der Waals surface area contributed by atoms with Crippen LogP contribution in [0, 0.1) is 23.1 Å². The number of hydrogen-bond acceptors (Lipinski definition) is 7. The normalized spacial score (nSPS) is 24.4. The summed E-state index contributed by atoms with van der Waals surface area (Å²) in [6.45, 7) is 3.54. The number of nitriles is 1. The van der Waals surface area contributed by atoms with Crippen LogP contribution in [0.15, 0.2) is 42.5 Å². The second-order valence-electron chi connectivity index (χ2n) is 13.1. The molecule has 44 heavy (non-hydrogen) atoms. The summed E-state index contributed by atoms with van der Waals surface area (Å²) in [5.74, 6) is 0.794. The lowest BCUT2D eigenvalue weighted by atomic mass is 9.77. The molecule has 9 rings (SSSR count). The van der Waals surface area contributed by atoms with E-state index in [-0.39, 0.29) is 12.2 Å². The van der Waals surface area contributed by atoms with Crippen LogP contribution in [0.5, 0.6) is 11.6 Å². The molecule has 1 aliphatic carbocycles. The van der Waals surface area contributed by atoms with Gasteiger partial charge in [-0.05, 0) is 98.1 Å². The largest absolute Gasteiger partial charge is 0.508 e. The topological polar surface area (TPSA) is 84.6 Å². The van der Waals surface area contributed by atoms with Gasteiger partial charge < -0.3 is 25.0 Å². The highest BCUT2D eigenvalue weighted by atomic mass is 19.1. The first-order valence-corrected chi connectivity index (χ1v) is 16.1. The van der Waals surface area contributed by atoms with E-state index in [2.05, 4.69) is 34.3 Å². The minimum atomic E-state index is -0.419. The van der Waals surface area contributed by atoms with Crippen molar-refractivity contribution in [2.75, 3.05) is 38.2 Å². The van der Waals surface area contributed by atoms with Gasteiger partial charge >= 0.3 is 0 Å². The number of aromatic hydroxyl groups is 1. The van der Waals surface area contributed by atoms with Gasteiger partial charge in [0.1, 0.15) is 17.9 Å². The molecule has 1 saturated carbocycles. The van der Waals surface area contributed by atoms with Gasteiger partial charge in [0.25, 0.3) is 0 Å². The molecule has 1 aromatic heterocycles. The lowest BCUT2D eigenvalue weighted by Gasteiger charge is -2.47. The van der Waals surface area contributed by atoms with Gasteiger partial charge in [0, 0.05) is 54.1 Å². The molecule has 7 nitrogen and oxygen atoms in total. The van der Waals surface area contributed by atoms with Gasteiger partial charge in [0.2, 0.25) is 5.88 Å². The molecule has 4 fully saturated rings. The molecule has 0 radical (unpaired) electrons. The zero-order chi connectivity index (χ0) is 29.9. The quantitative estimate of drug-likeness (QED) is 0.275. The molecule has 8 heteroatoms. The van der Waals surface area contributed by atoms with Gasteiger partial charge in [0.15, 0.2) is 5.82 Å². The van der Waals surface area contributed by atoms with Gasteiger partial charge in [0.05, 0.1) is 11.8 Å². The predicted molar refractivity (Wildman–Crippen MR) is 171 cm³/mol. The molecule has 3 unspecified atom stereocenters. The van der Waals surface area contributed by atoms with Gasteiger partial charge in [-0.2, -0.15) is 5.26 Å². The molecule has 4 aliphatic heterocycles. The lowest BCUT2D eigenvalue weighted by Crippen LogP contribution is -2.56. The monoisotopic (exact) mass is 591 g/mol. The Hall–Kier alpha value is -3.93. The van der Waals surface area contributed by atoms with Crippen LogP contribution in [-0.2, 0) is 12.8 Å². The average molecular weight is 592 g/mol. The molecular weight excluding hydrogens is 553 g/mol. The molecule has 3 saturated heterocycles. The third-order valence-corrected chi connectivity index (χ3v) is 10.6. The van der Waals surface area contributed by atoms with E-state index < -0.39 is 5.82 Å². The Morgan fingerprint density at radius 3 is 2.82 bits per heavy atom. The Labute approximate surface area is 257 Å². The van der Waals surface area contributed by atoms with Crippen molar-refractivity contribution in [3.63, 3.8) is 0 Å². The standard InChI is InChI=1S/C36H38FN5O2/c1-41-13-5-9-24(41)20-44-36-27-11-6-14-42(34-23-17-30(34)39-19-23)35(27)29-16-22(8-4-12-38)31(32(37)33(29)40-36)28-18-25(43)15-21-7-2-3-10-26(21)28/h2-3,7,10,15-16,18,23-24,30,34,39,43H,4-6,8-9,11,13-14,17,19-20H2,1H3/t23?,24-,30?,34?/m0/s1. The summed E-state index contributed by atoms with van der Waals surface area (Å²) in [6.07, 6.45) is 5.94. The Morgan fingerprint density at radius 2 is 2.05 bits per heavy atom. The fraction of sp³-hybridized carbons (Fsp3) is 0.444. The van der Waals surface area contributed by atoms with Crippen molar-refractivity contribution < 1.29 is 14.2 Å². The number of nitrogens with zero attached hydrogens (tertiary/aromatic N) is 4. The maximum atomic E-state index is 17.3. The number of rotatable bonds is 7. The summed E-state index contributed by atoms with van der Waals surface area (Å²) < 4.78 is 23.9. The molecule has 2 N–H and O–H groups in total. The number of anilines is 1. The predicted octanol–water partition coefficient (Wildman–Crippen LogP) is 5.94. The van der Waals surface area contributed by atoms with Crippen molar-refractivity contribution in [2.45, 2.75) is 63.1 Å². The molecule has 5 heterocycles. The number of ether oxygens (including phenoxy) is 1. The smallest absolute Gasteiger partial charge is 0.219 e. The highest BCUT2D eigenvalue weighted by Gasteiger charge is 2.51. The molecule has 4 atom stereocenters. The highest BCUT2D eigenvalue weighted by Crippen LogP contribution is 2.49. The molecule has 226 valence electrons. The van der Waals surface area contributed by atoms with E-state index in [1.165, 1.54) is 6.42 Å². The maximum Gasteiger partial charge on any atom is 0.219 e. The molecule has 0 spiro atoms. The van der Waals surface area contributed by atoms with E-state index in [1.54, 1.807) is 12.1 Å². The van der Waals surface area contributed by atoms with E-state index in [4.69, 9.17) is 9.72 Å². The van der Waals surface area contributed by atoms with E-state index in [1.807, 2.05) is 24.3 Å². The number of hydrogen-bond donors (Lipinski definition) is 2. The summed E-state index contributed by atoms with van der Waals surface area (Å²) in [5, 5.41) is 26.4. The molecule has 3 aromatic carbocycles. The highest BCUT2D eigenvalue weighted by molar-refractivity contribution is 6.04. The summed E-state index contributed by atoms with van der Waals surface area (Å²) in [6, 6.07) is 16.6. The van der Waals surface area contributed by atoms with Gasteiger partial charge in [-0.15, -0.1) is 0 Å². The van der Waals surface area contributed by atoms with Gasteiger partial charge in [-0.25, -0.2) is 9.37 Å². The number of nitrogens with one attached hydrogen (secondary N) is 1. The molecule has 4 aromatic rings. The average Bonchev–Trinajstić information content (AvgIpc) is 3.78. The number of fused-ring (bicyclic) bond motifs is 5. The Morgan fingerprint density at radius 1 is 1.16 bits per heavy atom. The third-order valence-electron chi connectivity index (χ3n) is 10.6. The number of pyridine rings is 1. The first-order valence-electron chi connectivity index (χ1n) is 16.1. The van der Waals surface area contributed by atoms with Crippen molar-refractivity contribution >= 4 is 27.4 Å². The van der Waals surface area contributed by atoms with E-state index in [0.717, 1.165) is 78.3 Å². The zero-order valence-corrected chi connectivity index (χ0v) is 25.2. The second kappa shape index (κ2) is 10.9. The zero-order valence-electron chi connectivity index (χ0n) is 25.2. The van der Waals surface area contributed by atoms with Crippen molar-refractivity contribution in [3.8, 4) is 28.8 Å². The van der Waals surface area contributed by atoms with Crippen LogP contribution in [0.3, 0.4) is 0 Å². The number of phenols is 1. The van der Waals surface area contributed by atoms with E-state index in [0.29, 0.717) is 59.6 Å². The SMILES string of the molecule is CN1CCC[C@H]1COc1nc2c(F)c(-c3cc(O)cc4ccccc34)c(CCC#N)cc2c2c1CCCN2C1C2CNC1C2. The van der Waals surface area contributed by atoms with Crippen LogP contribution in [0.1, 0.15) is 43.2 Å². The summed E-state index contributed by atoms with van der Waals surface area (Å²) in [5.41, 5.74) is 4.22. The first-order chi connectivity index (χ1) is 21.5. The lowest BCUT2D eigenvalue weighted by molar-refractivity contribution is 0.192. The minimum Gasteiger partial charge on any atom is -0.508 e.